The van der Waals surface area contributed by atoms with Crippen LogP contribution in [-0.4, -0.2) is 21.4 Å². The topological polar surface area (TPSA) is 94.9 Å². The van der Waals surface area contributed by atoms with Gasteiger partial charge in [0.1, 0.15) is 12.1 Å². The summed E-state index contributed by atoms with van der Waals surface area (Å²) >= 11 is 0. The van der Waals surface area contributed by atoms with E-state index < -0.39 is 0 Å². The molecule has 1 aliphatic carbocycles. The fourth-order valence-electron chi connectivity index (χ4n) is 4.28. The van der Waals surface area contributed by atoms with Crippen LogP contribution in [0.4, 0.5) is 5.82 Å². The Balaban J connectivity index is 1.74. The van der Waals surface area contributed by atoms with Gasteiger partial charge in [0.25, 0.3) is 5.89 Å². The van der Waals surface area contributed by atoms with Gasteiger partial charge in [0.2, 0.25) is 5.82 Å². The minimum Gasteiger partial charge on any atom is -0.383 e. The molecule has 2 aromatic heterocycles. The molecule has 1 aromatic carbocycles. The molecule has 0 unspecified atom stereocenters. The number of nitrogens with two attached hydrogens (primary N) is 1. The van der Waals surface area contributed by atoms with Crippen LogP contribution in [0.5, 0.6) is 0 Å². The molecule has 4 rings (SSSR count). The molecule has 3 aromatic rings. The number of aromatic nitrogens is 3. The van der Waals surface area contributed by atoms with Gasteiger partial charge in [-0.25, -0.2) is 4.98 Å². The molecule has 29 heavy (non-hydrogen) atoms. The van der Waals surface area contributed by atoms with Crippen LogP contribution >= 0.6 is 0 Å². The Labute approximate surface area is 170 Å². The maximum Gasteiger partial charge on any atom is 0.260 e. The summed E-state index contributed by atoms with van der Waals surface area (Å²) in [5, 5.41) is 4.21. The molecule has 1 aliphatic rings. The fraction of sp³-hybridized carbons (Fsp3) is 0.391. The minimum atomic E-state index is 0.208. The second kappa shape index (κ2) is 7.10. The third kappa shape index (κ3) is 3.55. The lowest BCUT2D eigenvalue weighted by atomic mass is 9.73. The van der Waals surface area contributed by atoms with Crippen molar-refractivity contribution < 1.29 is 9.32 Å². The Morgan fingerprint density at radius 1 is 1.21 bits per heavy atom. The lowest BCUT2D eigenvalue weighted by Crippen LogP contribution is -2.24. The van der Waals surface area contributed by atoms with E-state index >= 15 is 0 Å². The van der Waals surface area contributed by atoms with Crippen LogP contribution in [0.25, 0.3) is 22.8 Å². The highest BCUT2D eigenvalue weighted by molar-refractivity contribution is 5.68. The lowest BCUT2D eigenvalue weighted by Gasteiger charge is -2.32. The molecule has 0 fully saturated rings. The molecule has 6 heteroatoms. The first-order valence-corrected chi connectivity index (χ1v) is 9.93. The maximum absolute atomic E-state index is 10.9. The predicted octanol–water partition coefficient (Wildman–Crippen LogP) is 4.25. The summed E-state index contributed by atoms with van der Waals surface area (Å²) in [7, 11) is 0. The number of benzene rings is 1. The second-order valence-corrected chi connectivity index (χ2v) is 8.74. The highest BCUT2D eigenvalue weighted by Gasteiger charge is 2.30. The Morgan fingerprint density at radius 2 is 1.93 bits per heavy atom. The van der Waals surface area contributed by atoms with Gasteiger partial charge in [0.05, 0.1) is 5.56 Å². The molecular weight excluding hydrogens is 364 g/mol. The molecule has 150 valence electrons. The number of anilines is 1. The number of nitrogen functional groups attached to an aromatic ring is 1. The average Bonchev–Trinajstić information content (AvgIpc) is 3.15. The van der Waals surface area contributed by atoms with Gasteiger partial charge in [-0.2, -0.15) is 4.98 Å². The molecule has 6 nitrogen and oxygen atoms in total. The maximum atomic E-state index is 10.9. The number of hydrogen-bond acceptors (Lipinski definition) is 6. The SMILES string of the molecule is Cc1cc(-c2noc(-c3cnc(N)c4c3CCC(C)(C)C4)n2)cc(C)c1CC=O. The molecule has 0 bridgehead atoms. The van der Waals surface area contributed by atoms with Gasteiger partial charge >= 0.3 is 0 Å². The first-order valence-electron chi connectivity index (χ1n) is 9.93. The standard InChI is InChI=1S/C23H26N4O2/c1-13-9-15(10-14(2)16(13)6-8-28)21-26-22(29-27-21)19-12-25-20(24)18-11-23(3,4)7-5-17(18)19/h8-10,12H,5-7,11H2,1-4H3,(H2,24,25). The molecule has 2 N–H and O–H groups in total. The van der Waals surface area contributed by atoms with Crippen molar-refractivity contribution in [2.45, 2.75) is 53.4 Å². The largest absolute Gasteiger partial charge is 0.383 e. The number of aldehydes is 1. The van der Waals surface area contributed by atoms with E-state index in [0.717, 1.165) is 58.9 Å². The van der Waals surface area contributed by atoms with Crippen molar-refractivity contribution in [1.82, 2.24) is 15.1 Å². The van der Waals surface area contributed by atoms with E-state index in [1.165, 1.54) is 5.56 Å². The molecule has 0 atom stereocenters. The van der Waals surface area contributed by atoms with E-state index in [1.807, 2.05) is 26.0 Å². The number of carbonyl (C=O) groups is 1. The van der Waals surface area contributed by atoms with Crippen LogP contribution in [0.2, 0.25) is 0 Å². The fourth-order valence-corrected chi connectivity index (χ4v) is 4.28. The van der Waals surface area contributed by atoms with Crippen molar-refractivity contribution in [2.24, 2.45) is 5.41 Å². The zero-order chi connectivity index (χ0) is 20.8. The van der Waals surface area contributed by atoms with Crippen molar-refractivity contribution in [3.8, 4) is 22.8 Å². The first-order chi connectivity index (χ1) is 13.8. The number of rotatable bonds is 4. The van der Waals surface area contributed by atoms with E-state index in [2.05, 4.69) is 29.0 Å². The third-order valence-electron chi connectivity index (χ3n) is 5.94. The van der Waals surface area contributed by atoms with E-state index in [1.54, 1.807) is 6.20 Å². The minimum absolute atomic E-state index is 0.208. The third-order valence-corrected chi connectivity index (χ3v) is 5.94. The summed E-state index contributed by atoms with van der Waals surface area (Å²) < 4.78 is 5.62. The Bertz CT molecular complexity index is 1080. The van der Waals surface area contributed by atoms with Crippen molar-refractivity contribution in [1.29, 1.82) is 0 Å². The second-order valence-electron chi connectivity index (χ2n) is 8.74. The monoisotopic (exact) mass is 390 g/mol. The molecule has 2 heterocycles. The summed E-state index contributed by atoms with van der Waals surface area (Å²) in [4.78, 5) is 20.0. The van der Waals surface area contributed by atoms with Gasteiger partial charge in [0.15, 0.2) is 0 Å². The number of nitrogens with zero attached hydrogens (tertiary/aromatic N) is 3. The van der Waals surface area contributed by atoms with Crippen LogP contribution in [0.3, 0.4) is 0 Å². The lowest BCUT2D eigenvalue weighted by molar-refractivity contribution is -0.107. The number of fused-ring (bicyclic) bond motifs is 1. The predicted molar refractivity (Wildman–Crippen MR) is 112 cm³/mol. The smallest absolute Gasteiger partial charge is 0.260 e. The average molecular weight is 390 g/mol. The van der Waals surface area contributed by atoms with Gasteiger partial charge in [-0.15, -0.1) is 0 Å². The van der Waals surface area contributed by atoms with Gasteiger partial charge in [-0.1, -0.05) is 19.0 Å². The van der Waals surface area contributed by atoms with Crippen LogP contribution in [-0.2, 0) is 24.1 Å². The summed E-state index contributed by atoms with van der Waals surface area (Å²) in [6, 6.07) is 4.00. The van der Waals surface area contributed by atoms with Gasteiger partial charge < -0.3 is 15.1 Å². The molecular formula is C23H26N4O2. The molecule has 0 radical (unpaired) electrons. The first kappa shape index (κ1) is 19.3. The Kier molecular flexibility index (Phi) is 4.73. The zero-order valence-electron chi connectivity index (χ0n) is 17.4. The quantitative estimate of drug-likeness (QED) is 0.669. The highest BCUT2D eigenvalue weighted by Crippen LogP contribution is 2.40. The molecule has 0 saturated carbocycles. The van der Waals surface area contributed by atoms with E-state index in [9.17, 15) is 4.79 Å². The zero-order valence-corrected chi connectivity index (χ0v) is 17.4. The number of carbonyl (C=O) groups excluding carboxylic acids is 1. The number of hydrogen-bond donors (Lipinski definition) is 1. The molecule has 0 saturated heterocycles. The normalized spacial score (nSPS) is 15.2. The van der Waals surface area contributed by atoms with Crippen molar-refractivity contribution in [3.63, 3.8) is 0 Å². The number of aryl methyl sites for hydroxylation is 2. The van der Waals surface area contributed by atoms with Crippen LogP contribution in [0, 0.1) is 19.3 Å². The van der Waals surface area contributed by atoms with Gasteiger partial charge in [-0.05, 0) is 78.5 Å². The Hall–Kier alpha value is -3.02. The molecule has 0 spiro atoms. The number of pyridine rings is 1. The van der Waals surface area contributed by atoms with E-state index in [-0.39, 0.29) is 5.41 Å². The Morgan fingerprint density at radius 3 is 2.62 bits per heavy atom. The summed E-state index contributed by atoms with van der Waals surface area (Å²) in [5.74, 6) is 1.59. The molecule has 0 aliphatic heterocycles. The van der Waals surface area contributed by atoms with Crippen molar-refractivity contribution >= 4 is 12.1 Å². The summed E-state index contributed by atoms with van der Waals surface area (Å²) in [6.07, 6.45) is 5.98. The van der Waals surface area contributed by atoms with Crippen LogP contribution < -0.4 is 5.73 Å². The van der Waals surface area contributed by atoms with Crippen LogP contribution in [0.1, 0.15) is 48.1 Å². The van der Waals surface area contributed by atoms with Crippen molar-refractivity contribution in [3.05, 3.63) is 46.1 Å². The molecule has 0 amide bonds. The van der Waals surface area contributed by atoms with E-state index in [0.29, 0.717) is 24.0 Å². The van der Waals surface area contributed by atoms with Gasteiger partial charge in [0, 0.05) is 18.2 Å². The summed E-state index contributed by atoms with van der Waals surface area (Å²) in [5.41, 5.74) is 13.5. The van der Waals surface area contributed by atoms with Crippen molar-refractivity contribution in [2.75, 3.05) is 5.73 Å². The highest BCUT2D eigenvalue weighted by atomic mass is 16.5. The van der Waals surface area contributed by atoms with E-state index in [4.69, 9.17) is 10.3 Å². The van der Waals surface area contributed by atoms with Gasteiger partial charge in [-0.3, -0.25) is 0 Å². The van der Waals surface area contributed by atoms with Crippen LogP contribution in [0.15, 0.2) is 22.9 Å². The summed E-state index contributed by atoms with van der Waals surface area (Å²) in [6.45, 7) is 8.51.